The lowest BCUT2D eigenvalue weighted by Crippen LogP contribution is -2.17. The summed E-state index contributed by atoms with van der Waals surface area (Å²) in [4.78, 5) is 18.9. The highest BCUT2D eigenvalue weighted by molar-refractivity contribution is 5.85. The molecule has 0 amide bonds. The van der Waals surface area contributed by atoms with Crippen LogP contribution in [0.1, 0.15) is 37.2 Å². The van der Waals surface area contributed by atoms with Crippen LogP contribution in [0, 0.1) is 12.7 Å². The van der Waals surface area contributed by atoms with Crippen molar-refractivity contribution >= 4 is 23.5 Å². The van der Waals surface area contributed by atoms with Gasteiger partial charge in [-0.1, -0.05) is 6.07 Å². The third-order valence-electron chi connectivity index (χ3n) is 6.18. The topological polar surface area (TPSA) is 110 Å². The standard InChI is InChI=1S/C30H31F3N6O2/c1-17-14-19(15-23(36-17)27(32)33)25-26(18-6-9-21(31)10-7-18)37-29(34)38-28(25)41-13-12-35-22-11-8-20(30(2,3)40)16-24(22)39(4)5/h6-12,14-16,27,40H,13H2,1-5H3,(H2,34,37,38). The number of aryl methyl sites for hydroxylation is 1. The van der Waals surface area contributed by atoms with Crippen molar-refractivity contribution in [3.63, 3.8) is 0 Å². The molecular formula is C30H31F3N6O2. The maximum absolute atomic E-state index is 13.7. The number of aliphatic hydroxyl groups is 1. The molecule has 0 fully saturated rings. The van der Waals surface area contributed by atoms with Crippen LogP contribution < -0.4 is 15.4 Å². The van der Waals surface area contributed by atoms with Crippen molar-refractivity contribution in [1.29, 1.82) is 0 Å². The minimum Gasteiger partial charge on any atom is -0.471 e. The Hall–Kier alpha value is -4.51. The van der Waals surface area contributed by atoms with E-state index in [0.29, 0.717) is 28.1 Å². The molecule has 2 heterocycles. The lowest BCUT2D eigenvalue weighted by Gasteiger charge is -2.22. The largest absolute Gasteiger partial charge is 0.471 e. The van der Waals surface area contributed by atoms with Crippen LogP contribution in [0.4, 0.5) is 30.5 Å². The summed E-state index contributed by atoms with van der Waals surface area (Å²) in [7, 11) is 3.74. The molecule has 41 heavy (non-hydrogen) atoms. The first-order valence-corrected chi connectivity index (χ1v) is 12.7. The number of halogens is 3. The van der Waals surface area contributed by atoms with Gasteiger partial charge in [0.2, 0.25) is 11.8 Å². The number of nitrogens with two attached hydrogens (primary N) is 1. The fourth-order valence-corrected chi connectivity index (χ4v) is 4.21. The van der Waals surface area contributed by atoms with Gasteiger partial charge in [0.1, 0.15) is 18.1 Å². The van der Waals surface area contributed by atoms with Gasteiger partial charge in [-0.2, -0.15) is 4.98 Å². The van der Waals surface area contributed by atoms with Crippen LogP contribution in [0.15, 0.2) is 59.6 Å². The molecule has 214 valence electrons. The van der Waals surface area contributed by atoms with Gasteiger partial charge in [0.05, 0.1) is 28.2 Å². The molecule has 0 aliphatic carbocycles. The van der Waals surface area contributed by atoms with E-state index in [1.807, 2.05) is 25.1 Å². The summed E-state index contributed by atoms with van der Waals surface area (Å²) in [5.74, 6) is -0.520. The van der Waals surface area contributed by atoms with Gasteiger partial charge in [-0.3, -0.25) is 9.98 Å². The summed E-state index contributed by atoms with van der Waals surface area (Å²) in [5.41, 5.74) is 8.53. The molecule has 2 aromatic heterocycles. The Kier molecular flexibility index (Phi) is 8.57. The van der Waals surface area contributed by atoms with E-state index in [2.05, 4.69) is 19.9 Å². The molecule has 0 saturated carbocycles. The van der Waals surface area contributed by atoms with Crippen molar-refractivity contribution < 1.29 is 23.0 Å². The third-order valence-corrected chi connectivity index (χ3v) is 6.18. The van der Waals surface area contributed by atoms with Crippen LogP contribution in [-0.2, 0) is 5.60 Å². The highest BCUT2D eigenvalue weighted by atomic mass is 19.3. The minimum atomic E-state index is -2.80. The van der Waals surface area contributed by atoms with Crippen LogP contribution in [0.3, 0.4) is 0 Å². The first kappa shape index (κ1) is 29.5. The second-order valence-electron chi connectivity index (χ2n) is 10.1. The Bertz CT molecular complexity index is 1570. The van der Waals surface area contributed by atoms with Crippen LogP contribution in [-0.4, -0.2) is 47.0 Å². The molecule has 4 aromatic rings. The number of nitrogen functional groups attached to an aromatic ring is 1. The monoisotopic (exact) mass is 564 g/mol. The Balaban J connectivity index is 1.75. The Morgan fingerprint density at radius 1 is 1.02 bits per heavy atom. The van der Waals surface area contributed by atoms with E-state index in [1.165, 1.54) is 36.5 Å². The van der Waals surface area contributed by atoms with Crippen molar-refractivity contribution in [1.82, 2.24) is 15.0 Å². The molecule has 0 aliphatic heterocycles. The number of hydrogen-bond donors (Lipinski definition) is 2. The average molecular weight is 565 g/mol. The van der Waals surface area contributed by atoms with Gasteiger partial charge >= 0.3 is 0 Å². The molecule has 0 radical (unpaired) electrons. The van der Waals surface area contributed by atoms with E-state index in [1.54, 1.807) is 39.0 Å². The SMILES string of the molecule is Cc1cc(-c2c(OCC=Nc3ccc(C(C)(C)O)cc3N(C)C)nc(N)nc2-c2ccc(F)cc2)cc(C(F)F)n1. The zero-order valence-corrected chi connectivity index (χ0v) is 23.4. The first-order valence-electron chi connectivity index (χ1n) is 12.7. The number of hydrogen-bond acceptors (Lipinski definition) is 8. The number of nitrogens with zero attached hydrogens (tertiary/aromatic N) is 5. The quantitative estimate of drug-likeness (QED) is 0.231. The first-order chi connectivity index (χ1) is 19.3. The zero-order valence-electron chi connectivity index (χ0n) is 23.4. The van der Waals surface area contributed by atoms with Crippen molar-refractivity contribution in [2.45, 2.75) is 32.8 Å². The average Bonchev–Trinajstić information content (AvgIpc) is 2.90. The highest BCUT2D eigenvalue weighted by Crippen LogP contribution is 2.39. The molecule has 8 nitrogen and oxygen atoms in total. The Morgan fingerprint density at radius 2 is 1.73 bits per heavy atom. The summed E-state index contributed by atoms with van der Waals surface area (Å²) < 4.78 is 46.9. The highest BCUT2D eigenvalue weighted by Gasteiger charge is 2.22. The molecule has 11 heteroatoms. The van der Waals surface area contributed by atoms with Gasteiger partial charge < -0.3 is 20.5 Å². The smallest absolute Gasteiger partial charge is 0.280 e. The molecule has 0 saturated heterocycles. The fraction of sp³-hybridized carbons (Fsp3) is 0.267. The third kappa shape index (κ3) is 6.98. The van der Waals surface area contributed by atoms with Crippen LogP contribution >= 0.6 is 0 Å². The van der Waals surface area contributed by atoms with Gasteiger partial charge in [0.25, 0.3) is 6.43 Å². The molecule has 0 unspecified atom stereocenters. The summed E-state index contributed by atoms with van der Waals surface area (Å²) in [6.45, 7) is 4.97. The molecule has 2 aromatic carbocycles. The minimum absolute atomic E-state index is 0.0410. The number of pyridine rings is 1. The van der Waals surface area contributed by atoms with Crippen molar-refractivity contribution in [2.24, 2.45) is 4.99 Å². The van der Waals surface area contributed by atoms with Crippen molar-refractivity contribution in [3.05, 3.63) is 77.4 Å². The zero-order chi connectivity index (χ0) is 29.9. The number of alkyl halides is 2. The Morgan fingerprint density at radius 3 is 2.37 bits per heavy atom. The number of benzene rings is 2. The molecule has 0 spiro atoms. The lowest BCUT2D eigenvalue weighted by atomic mass is 9.97. The molecule has 4 rings (SSSR count). The summed E-state index contributed by atoms with van der Waals surface area (Å²) in [5, 5.41) is 10.4. The Labute approximate surface area is 236 Å². The molecular weight excluding hydrogens is 533 g/mol. The molecule has 0 bridgehead atoms. The van der Waals surface area contributed by atoms with Gasteiger partial charge in [-0.15, -0.1) is 0 Å². The van der Waals surface area contributed by atoms with Crippen LogP contribution in [0.2, 0.25) is 0 Å². The predicted octanol–water partition coefficient (Wildman–Crippen LogP) is 6.25. The maximum atomic E-state index is 13.7. The van der Waals surface area contributed by atoms with Crippen molar-refractivity contribution in [2.75, 3.05) is 31.3 Å². The van der Waals surface area contributed by atoms with Crippen molar-refractivity contribution in [3.8, 4) is 28.3 Å². The van der Waals surface area contributed by atoms with Gasteiger partial charge in [0, 0.05) is 31.6 Å². The van der Waals surface area contributed by atoms with Gasteiger partial charge in [-0.05, 0) is 80.4 Å². The fourth-order valence-electron chi connectivity index (χ4n) is 4.21. The number of aliphatic imine (C=N–C) groups is 1. The maximum Gasteiger partial charge on any atom is 0.280 e. The second kappa shape index (κ2) is 11.9. The predicted molar refractivity (Wildman–Crippen MR) is 154 cm³/mol. The summed E-state index contributed by atoms with van der Waals surface area (Å²) in [6.07, 6.45) is -1.27. The molecule has 3 N–H and O–H groups in total. The van der Waals surface area contributed by atoms with E-state index in [-0.39, 0.29) is 24.1 Å². The number of anilines is 2. The molecule has 0 atom stereocenters. The van der Waals surface area contributed by atoms with Gasteiger partial charge in [-0.25, -0.2) is 18.2 Å². The van der Waals surface area contributed by atoms with E-state index >= 15 is 0 Å². The van der Waals surface area contributed by atoms with E-state index < -0.39 is 23.5 Å². The summed E-state index contributed by atoms with van der Waals surface area (Å²) in [6, 6.07) is 13.9. The summed E-state index contributed by atoms with van der Waals surface area (Å²) >= 11 is 0. The normalized spacial score (nSPS) is 11.9. The van der Waals surface area contributed by atoms with E-state index in [4.69, 9.17) is 10.5 Å². The number of aromatic nitrogens is 3. The van der Waals surface area contributed by atoms with E-state index in [9.17, 15) is 18.3 Å². The van der Waals surface area contributed by atoms with Gasteiger partial charge in [0.15, 0.2) is 0 Å². The second-order valence-corrected chi connectivity index (χ2v) is 10.1. The lowest BCUT2D eigenvalue weighted by molar-refractivity contribution is 0.0786. The van der Waals surface area contributed by atoms with Crippen LogP contribution in [0.5, 0.6) is 5.88 Å². The number of rotatable bonds is 9. The molecule has 0 aliphatic rings. The number of ether oxygens (including phenoxy) is 1. The van der Waals surface area contributed by atoms with Crippen LogP contribution in [0.25, 0.3) is 22.4 Å². The van der Waals surface area contributed by atoms with E-state index in [0.717, 1.165) is 11.3 Å².